The molecule has 1 amide bonds. The topological polar surface area (TPSA) is 53.2 Å². The lowest BCUT2D eigenvalue weighted by Gasteiger charge is -2.16. The van der Waals surface area contributed by atoms with Crippen LogP contribution >= 0.6 is 12.2 Å². The molecule has 16 heavy (non-hydrogen) atoms. The van der Waals surface area contributed by atoms with Crippen LogP contribution in [-0.4, -0.2) is 30.2 Å². The SMILES string of the molecule is CCCCNC(=S)NC(C)C(=O)NCCC. The predicted octanol–water partition coefficient (Wildman–Crippen LogP) is 1.17. The number of rotatable bonds is 7. The maximum Gasteiger partial charge on any atom is 0.242 e. The van der Waals surface area contributed by atoms with Gasteiger partial charge in [-0.15, -0.1) is 0 Å². The first-order valence-electron chi connectivity index (χ1n) is 5.93. The Balaban J connectivity index is 3.71. The fourth-order valence-electron chi connectivity index (χ4n) is 1.09. The Morgan fingerprint density at radius 1 is 1.19 bits per heavy atom. The fraction of sp³-hybridized carbons (Fsp3) is 0.818. The summed E-state index contributed by atoms with van der Waals surface area (Å²) in [5, 5.41) is 9.39. The molecule has 0 rings (SSSR count). The molecule has 0 aromatic rings. The third-order valence-electron chi connectivity index (χ3n) is 2.11. The lowest BCUT2D eigenvalue weighted by Crippen LogP contribution is -2.48. The molecule has 5 heteroatoms. The first-order valence-corrected chi connectivity index (χ1v) is 6.34. The molecule has 0 heterocycles. The third kappa shape index (κ3) is 7.45. The zero-order valence-corrected chi connectivity index (χ0v) is 11.2. The van der Waals surface area contributed by atoms with Gasteiger partial charge in [0.1, 0.15) is 6.04 Å². The molecule has 0 radical (unpaired) electrons. The summed E-state index contributed by atoms with van der Waals surface area (Å²) in [7, 11) is 0. The van der Waals surface area contributed by atoms with Crippen molar-refractivity contribution >= 4 is 23.2 Å². The molecule has 94 valence electrons. The smallest absolute Gasteiger partial charge is 0.242 e. The van der Waals surface area contributed by atoms with Gasteiger partial charge in [-0.25, -0.2) is 0 Å². The highest BCUT2D eigenvalue weighted by Gasteiger charge is 2.12. The monoisotopic (exact) mass is 245 g/mol. The maximum absolute atomic E-state index is 11.5. The Hall–Kier alpha value is -0.840. The minimum absolute atomic E-state index is 0.0125. The van der Waals surface area contributed by atoms with Gasteiger partial charge in [-0.1, -0.05) is 20.3 Å². The molecule has 0 aliphatic carbocycles. The van der Waals surface area contributed by atoms with Gasteiger partial charge < -0.3 is 16.0 Å². The van der Waals surface area contributed by atoms with E-state index in [-0.39, 0.29) is 11.9 Å². The zero-order valence-electron chi connectivity index (χ0n) is 10.4. The van der Waals surface area contributed by atoms with Crippen LogP contribution in [0.15, 0.2) is 0 Å². The van der Waals surface area contributed by atoms with Crippen LogP contribution in [0.1, 0.15) is 40.0 Å². The van der Waals surface area contributed by atoms with Gasteiger partial charge >= 0.3 is 0 Å². The molecule has 1 unspecified atom stereocenters. The summed E-state index contributed by atoms with van der Waals surface area (Å²) in [6.07, 6.45) is 3.15. The summed E-state index contributed by atoms with van der Waals surface area (Å²) in [5.74, 6) is -0.0125. The maximum atomic E-state index is 11.5. The van der Waals surface area contributed by atoms with Gasteiger partial charge in [-0.3, -0.25) is 4.79 Å². The normalized spacial score (nSPS) is 11.7. The van der Waals surface area contributed by atoms with Crippen LogP contribution in [0, 0.1) is 0 Å². The predicted molar refractivity (Wildman–Crippen MR) is 71.4 cm³/mol. The number of amides is 1. The van der Waals surface area contributed by atoms with E-state index in [0.717, 1.165) is 25.8 Å². The molecule has 4 nitrogen and oxygen atoms in total. The largest absolute Gasteiger partial charge is 0.363 e. The van der Waals surface area contributed by atoms with Gasteiger partial charge in [0, 0.05) is 13.1 Å². The molecule has 1 atom stereocenters. The van der Waals surface area contributed by atoms with Crippen molar-refractivity contribution in [2.45, 2.75) is 46.1 Å². The van der Waals surface area contributed by atoms with E-state index < -0.39 is 0 Å². The summed E-state index contributed by atoms with van der Waals surface area (Å²) in [6.45, 7) is 7.51. The molecule has 0 aromatic heterocycles. The molecular formula is C11H23N3OS. The second kappa shape index (κ2) is 9.39. The van der Waals surface area contributed by atoms with E-state index in [2.05, 4.69) is 22.9 Å². The van der Waals surface area contributed by atoms with Crippen LogP contribution in [0.3, 0.4) is 0 Å². The minimum atomic E-state index is -0.284. The molecule has 3 N–H and O–H groups in total. The molecule has 0 saturated heterocycles. The number of hydrogen-bond acceptors (Lipinski definition) is 2. The minimum Gasteiger partial charge on any atom is -0.363 e. The van der Waals surface area contributed by atoms with Crippen molar-refractivity contribution in [1.29, 1.82) is 0 Å². The Morgan fingerprint density at radius 2 is 1.88 bits per heavy atom. The van der Waals surface area contributed by atoms with Crippen LogP contribution < -0.4 is 16.0 Å². The quantitative estimate of drug-likeness (QED) is 0.465. The molecule has 0 aromatic carbocycles. The summed E-state index contributed by atoms with van der Waals surface area (Å²) in [5.41, 5.74) is 0. The third-order valence-corrected chi connectivity index (χ3v) is 2.37. The molecule has 0 saturated carbocycles. The number of carbonyl (C=O) groups excluding carboxylic acids is 1. The van der Waals surface area contributed by atoms with E-state index in [1.165, 1.54) is 0 Å². The highest BCUT2D eigenvalue weighted by Crippen LogP contribution is 1.85. The lowest BCUT2D eigenvalue weighted by molar-refractivity contribution is -0.122. The van der Waals surface area contributed by atoms with Crippen molar-refractivity contribution in [2.75, 3.05) is 13.1 Å². The van der Waals surface area contributed by atoms with Crippen molar-refractivity contribution in [3.8, 4) is 0 Å². The van der Waals surface area contributed by atoms with Crippen LogP contribution in [0.25, 0.3) is 0 Å². The molecule has 0 fully saturated rings. The summed E-state index contributed by atoms with van der Waals surface area (Å²) in [6, 6.07) is -0.284. The van der Waals surface area contributed by atoms with Crippen LogP contribution in [-0.2, 0) is 4.79 Å². The van der Waals surface area contributed by atoms with E-state index in [4.69, 9.17) is 12.2 Å². The number of nitrogens with one attached hydrogen (secondary N) is 3. The zero-order chi connectivity index (χ0) is 12.4. The Morgan fingerprint density at radius 3 is 2.44 bits per heavy atom. The van der Waals surface area contributed by atoms with Crippen LogP contribution in [0.2, 0.25) is 0 Å². The fourth-order valence-corrected chi connectivity index (χ4v) is 1.37. The van der Waals surface area contributed by atoms with Gasteiger partial charge in [0.2, 0.25) is 5.91 Å². The molecule has 0 aliphatic rings. The average Bonchev–Trinajstić information content (AvgIpc) is 2.26. The Bertz CT molecular complexity index is 221. The van der Waals surface area contributed by atoms with Crippen molar-refractivity contribution in [3.05, 3.63) is 0 Å². The summed E-state index contributed by atoms with van der Waals surface area (Å²) < 4.78 is 0. The Labute approximate surface area is 104 Å². The first kappa shape index (κ1) is 15.2. The highest BCUT2D eigenvalue weighted by atomic mass is 32.1. The standard InChI is InChI=1S/C11H23N3OS/c1-4-6-8-13-11(16)14-9(3)10(15)12-7-5-2/h9H,4-8H2,1-3H3,(H,12,15)(H2,13,14,16). The average molecular weight is 245 g/mol. The first-order chi connectivity index (χ1) is 7.61. The van der Waals surface area contributed by atoms with Gasteiger partial charge in [0.05, 0.1) is 0 Å². The van der Waals surface area contributed by atoms with E-state index in [1.807, 2.05) is 6.92 Å². The van der Waals surface area contributed by atoms with E-state index in [1.54, 1.807) is 6.92 Å². The van der Waals surface area contributed by atoms with Crippen molar-refractivity contribution in [2.24, 2.45) is 0 Å². The van der Waals surface area contributed by atoms with Gasteiger partial charge in [0.15, 0.2) is 5.11 Å². The van der Waals surface area contributed by atoms with E-state index >= 15 is 0 Å². The van der Waals surface area contributed by atoms with Crippen molar-refractivity contribution in [3.63, 3.8) is 0 Å². The van der Waals surface area contributed by atoms with Gasteiger partial charge in [-0.05, 0) is 32.0 Å². The number of carbonyl (C=O) groups is 1. The summed E-state index contributed by atoms with van der Waals surface area (Å²) in [4.78, 5) is 11.5. The number of unbranched alkanes of at least 4 members (excludes halogenated alkanes) is 1. The van der Waals surface area contributed by atoms with Crippen molar-refractivity contribution < 1.29 is 4.79 Å². The second-order valence-electron chi connectivity index (χ2n) is 3.77. The number of hydrogen-bond donors (Lipinski definition) is 3. The Kier molecular flexibility index (Phi) is 8.90. The van der Waals surface area contributed by atoms with E-state index in [0.29, 0.717) is 11.7 Å². The highest BCUT2D eigenvalue weighted by molar-refractivity contribution is 7.80. The van der Waals surface area contributed by atoms with Crippen molar-refractivity contribution in [1.82, 2.24) is 16.0 Å². The summed E-state index contributed by atoms with van der Waals surface area (Å²) >= 11 is 5.07. The van der Waals surface area contributed by atoms with Gasteiger partial charge in [-0.2, -0.15) is 0 Å². The van der Waals surface area contributed by atoms with Gasteiger partial charge in [0.25, 0.3) is 0 Å². The number of thiocarbonyl (C=S) groups is 1. The van der Waals surface area contributed by atoms with Crippen LogP contribution in [0.4, 0.5) is 0 Å². The van der Waals surface area contributed by atoms with E-state index in [9.17, 15) is 4.79 Å². The molecule has 0 bridgehead atoms. The lowest BCUT2D eigenvalue weighted by atomic mass is 10.3. The molecular weight excluding hydrogens is 222 g/mol. The molecule has 0 spiro atoms. The van der Waals surface area contributed by atoms with Crippen LogP contribution in [0.5, 0.6) is 0 Å². The molecule has 0 aliphatic heterocycles. The second-order valence-corrected chi connectivity index (χ2v) is 4.17.